The highest BCUT2D eigenvalue weighted by Crippen LogP contribution is 2.19. The van der Waals surface area contributed by atoms with Gasteiger partial charge >= 0.3 is 5.97 Å². The minimum atomic E-state index is -0.427. The third-order valence-corrected chi connectivity index (χ3v) is 2.70. The van der Waals surface area contributed by atoms with E-state index in [0.29, 0.717) is 44.3 Å². The SMILES string of the molecule is CCOCC(COCC)OC(=O)c1ccccc1OCC. The van der Waals surface area contributed by atoms with Crippen molar-refractivity contribution in [3.63, 3.8) is 0 Å². The Bertz CT molecular complexity index is 411. The fraction of sp³-hybridized carbons (Fsp3) is 0.562. The van der Waals surface area contributed by atoms with Crippen LogP contribution in [-0.4, -0.2) is 45.1 Å². The van der Waals surface area contributed by atoms with Gasteiger partial charge in [-0.15, -0.1) is 0 Å². The summed E-state index contributed by atoms with van der Waals surface area (Å²) in [6, 6.07) is 7.03. The van der Waals surface area contributed by atoms with Gasteiger partial charge in [0.2, 0.25) is 0 Å². The van der Waals surface area contributed by atoms with E-state index in [0.717, 1.165) is 0 Å². The third-order valence-electron chi connectivity index (χ3n) is 2.70. The highest BCUT2D eigenvalue weighted by Gasteiger charge is 2.19. The zero-order valence-corrected chi connectivity index (χ0v) is 13.0. The Balaban J connectivity index is 2.71. The average molecular weight is 296 g/mol. The Morgan fingerprint density at radius 1 is 1.00 bits per heavy atom. The summed E-state index contributed by atoms with van der Waals surface area (Å²) in [5, 5.41) is 0. The summed E-state index contributed by atoms with van der Waals surface area (Å²) in [7, 11) is 0. The van der Waals surface area contributed by atoms with Crippen molar-refractivity contribution < 1.29 is 23.7 Å². The van der Waals surface area contributed by atoms with Gasteiger partial charge in [0.25, 0.3) is 0 Å². The molecule has 0 unspecified atom stereocenters. The Morgan fingerprint density at radius 2 is 1.62 bits per heavy atom. The average Bonchev–Trinajstić information content (AvgIpc) is 2.50. The molecule has 0 atom stereocenters. The van der Waals surface area contributed by atoms with E-state index in [9.17, 15) is 4.79 Å². The van der Waals surface area contributed by atoms with Crippen molar-refractivity contribution in [2.75, 3.05) is 33.0 Å². The van der Waals surface area contributed by atoms with Crippen LogP contribution in [0.4, 0.5) is 0 Å². The van der Waals surface area contributed by atoms with E-state index < -0.39 is 12.1 Å². The number of ether oxygens (including phenoxy) is 4. The molecule has 0 aromatic heterocycles. The predicted octanol–water partition coefficient (Wildman–Crippen LogP) is 2.68. The Kier molecular flexibility index (Phi) is 8.47. The molecule has 0 spiro atoms. The molecule has 0 aliphatic heterocycles. The molecule has 0 saturated carbocycles. The molecule has 0 amide bonds. The van der Waals surface area contributed by atoms with Crippen LogP contribution in [0.2, 0.25) is 0 Å². The van der Waals surface area contributed by atoms with Gasteiger partial charge in [0.1, 0.15) is 17.4 Å². The third kappa shape index (κ3) is 6.14. The highest BCUT2D eigenvalue weighted by atomic mass is 16.6. The maximum absolute atomic E-state index is 12.3. The number of rotatable bonds is 10. The zero-order chi connectivity index (χ0) is 15.5. The summed E-state index contributed by atoms with van der Waals surface area (Å²) in [5.41, 5.74) is 0.414. The normalized spacial score (nSPS) is 10.7. The van der Waals surface area contributed by atoms with Gasteiger partial charge < -0.3 is 18.9 Å². The predicted molar refractivity (Wildman–Crippen MR) is 79.8 cm³/mol. The van der Waals surface area contributed by atoms with Crippen LogP contribution in [0.5, 0.6) is 5.75 Å². The van der Waals surface area contributed by atoms with E-state index in [2.05, 4.69) is 0 Å². The fourth-order valence-electron chi connectivity index (χ4n) is 1.75. The lowest BCUT2D eigenvalue weighted by Crippen LogP contribution is -2.29. The lowest BCUT2D eigenvalue weighted by atomic mass is 10.2. The maximum atomic E-state index is 12.3. The summed E-state index contributed by atoms with van der Waals surface area (Å²) in [5.74, 6) is 0.0972. The Labute approximate surface area is 126 Å². The molecular weight excluding hydrogens is 272 g/mol. The number of esters is 1. The fourth-order valence-corrected chi connectivity index (χ4v) is 1.75. The molecule has 0 fully saturated rings. The van der Waals surface area contributed by atoms with Gasteiger partial charge in [-0.3, -0.25) is 0 Å². The van der Waals surface area contributed by atoms with Gasteiger partial charge in [0.15, 0.2) is 0 Å². The maximum Gasteiger partial charge on any atom is 0.342 e. The number of hydrogen-bond donors (Lipinski definition) is 0. The highest BCUT2D eigenvalue weighted by molar-refractivity contribution is 5.92. The lowest BCUT2D eigenvalue weighted by Gasteiger charge is -2.18. The Hall–Kier alpha value is -1.59. The molecule has 0 aliphatic rings. The topological polar surface area (TPSA) is 54.0 Å². The van der Waals surface area contributed by atoms with Crippen molar-refractivity contribution in [2.45, 2.75) is 26.9 Å². The molecule has 0 radical (unpaired) electrons. The summed E-state index contributed by atoms with van der Waals surface area (Å²) < 4.78 is 21.5. The van der Waals surface area contributed by atoms with Crippen LogP contribution in [0.1, 0.15) is 31.1 Å². The van der Waals surface area contributed by atoms with Gasteiger partial charge in [-0.25, -0.2) is 4.79 Å². The van der Waals surface area contributed by atoms with Gasteiger partial charge in [-0.2, -0.15) is 0 Å². The van der Waals surface area contributed by atoms with Gasteiger partial charge in [0.05, 0.1) is 19.8 Å². The minimum Gasteiger partial charge on any atom is -0.493 e. The summed E-state index contributed by atoms with van der Waals surface area (Å²) in [4.78, 5) is 12.3. The number of hydrogen-bond acceptors (Lipinski definition) is 5. The smallest absolute Gasteiger partial charge is 0.342 e. The van der Waals surface area contributed by atoms with Gasteiger partial charge in [0, 0.05) is 13.2 Å². The lowest BCUT2D eigenvalue weighted by molar-refractivity contribution is -0.0365. The van der Waals surface area contributed by atoms with Crippen molar-refractivity contribution >= 4 is 5.97 Å². The van der Waals surface area contributed by atoms with Crippen molar-refractivity contribution in [1.29, 1.82) is 0 Å². The molecule has 5 nitrogen and oxygen atoms in total. The molecule has 5 heteroatoms. The first-order valence-corrected chi connectivity index (χ1v) is 7.31. The van der Waals surface area contributed by atoms with Gasteiger partial charge in [-0.1, -0.05) is 12.1 Å². The molecule has 0 saturated heterocycles. The molecule has 21 heavy (non-hydrogen) atoms. The summed E-state index contributed by atoms with van der Waals surface area (Å²) >= 11 is 0. The van der Waals surface area contributed by atoms with Crippen molar-refractivity contribution in [1.82, 2.24) is 0 Å². The van der Waals surface area contributed by atoms with Crippen LogP contribution < -0.4 is 4.74 Å². The molecular formula is C16H24O5. The molecule has 118 valence electrons. The number of para-hydroxylation sites is 1. The van der Waals surface area contributed by atoms with Crippen LogP contribution in [0.25, 0.3) is 0 Å². The Morgan fingerprint density at radius 3 is 2.19 bits per heavy atom. The second kappa shape index (κ2) is 10.2. The van der Waals surface area contributed by atoms with Crippen molar-refractivity contribution in [3.8, 4) is 5.75 Å². The van der Waals surface area contributed by atoms with Crippen LogP contribution >= 0.6 is 0 Å². The van der Waals surface area contributed by atoms with E-state index in [4.69, 9.17) is 18.9 Å². The monoisotopic (exact) mass is 296 g/mol. The molecule has 1 aromatic carbocycles. The van der Waals surface area contributed by atoms with Crippen molar-refractivity contribution in [2.24, 2.45) is 0 Å². The van der Waals surface area contributed by atoms with Crippen LogP contribution in [-0.2, 0) is 14.2 Å². The minimum absolute atomic E-state index is 0.318. The van der Waals surface area contributed by atoms with Crippen molar-refractivity contribution in [3.05, 3.63) is 29.8 Å². The quantitative estimate of drug-likeness (QED) is 0.621. The molecule has 0 aliphatic carbocycles. The number of benzene rings is 1. The first-order valence-electron chi connectivity index (χ1n) is 7.31. The number of carbonyl (C=O) groups excluding carboxylic acids is 1. The first kappa shape index (κ1) is 17.5. The second-order valence-electron chi connectivity index (χ2n) is 4.28. The molecule has 0 N–H and O–H groups in total. The van der Waals surface area contributed by atoms with Crippen LogP contribution in [0.3, 0.4) is 0 Å². The largest absolute Gasteiger partial charge is 0.493 e. The molecule has 1 aromatic rings. The van der Waals surface area contributed by atoms with Crippen LogP contribution in [0.15, 0.2) is 24.3 Å². The van der Waals surface area contributed by atoms with E-state index >= 15 is 0 Å². The van der Waals surface area contributed by atoms with E-state index in [1.165, 1.54) is 0 Å². The van der Waals surface area contributed by atoms with E-state index in [1.54, 1.807) is 18.2 Å². The number of carbonyl (C=O) groups is 1. The first-order chi connectivity index (χ1) is 10.2. The van der Waals surface area contributed by atoms with Gasteiger partial charge in [-0.05, 0) is 32.9 Å². The second-order valence-corrected chi connectivity index (χ2v) is 4.28. The van der Waals surface area contributed by atoms with Crippen LogP contribution in [0, 0.1) is 0 Å². The standard InChI is InChI=1S/C16H24O5/c1-4-18-11-13(12-19-5-2)21-16(17)14-9-7-8-10-15(14)20-6-3/h7-10,13H,4-6,11-12H2,1-3H3. The van der Waals surface area contributed by atoms with E-state index in [-0.39, 0.29) is 0 Å². The summed E-state index contributed by atoms with van der Waals surface area (Å²) in [6.45, 7) is 7.91. The summed E-state index contributed by atoms with van der Waals surface area (Å²) in [6.07, 6.45) is -0.424. The molecule has 0 bridgehead atoms. The van der Waals surface area contributed by atoms with E-state index in [1.807, 2.05) is 26.8 Å². The molecule has 0 heterocycles. The zero-order valence-electron chi connectivity index (χ0n) is 13.0. The molecule has 1 rings (SSSR count).